The van der Waals surface area contributed by atoms with Gasteiger partial charge in [-0.3, -0.25) is 19.3 Å². The molecule has 0 saturated heterocycles. The Kier molecular flexibility index (Phi) is 5.21. The summed E-state index contributed by atoms with van der Waals surface area (Å²) in [6.45, 7) is 0.0899. The topological polar surface area (TPSA) is 66.9 Å². The van der Waals surface area contributed by atoms with E-state index in [0.29, 0.717) is 28.0 Å². The molecule has 33 heavy (non-hydrogen) atoms. The number of amides is 3. The summed E-state index contributed by atoms with van der Waals surface area (Å²) in [7, 11) is 3.34. The van der Waals surface area contributed by atoms with Crippen LogP contribution in [0.4, 0.5) is 0 Å². The van der Waals surface area contributed by atoms with Gasteiger partial charge in [-0.1, -0.05) is 42.5 Å². The fraction of sp³-hybridized carbons (Fsp3) is 0.222. The Bertz CT molecular complexity index is 1250. The molecule has 2 aliphatic rings. The number of aryl methyl sites for hydroxylation is 1. The molecule has 3 aromatic rings. The summed E-state index contributed by atoms with van der Waals surface area (Å²) >= 11 is 0. The van der Waals surface area contributed by atoms with Gasteiger partial charge in [-0.15, -0.1) is 0 Å². The molecule has 3 amide bonds. The number of hydrogen-bond donors (Lipinski definition) is 0. The van der Waals surface area contributed by atoms with Gasteiger partial charge < -0.3 is 9.64 Å². The first-order valence-corrected chi connectivity index (χ1v) is 11.0. The van der Waals surface area contributed by atoms with E-state index in [1.54, 1.807) is 47.4 Å². The van der Waals surface area contributed by atoms with Crippen molar-refractivity contribution in [2.45, 2.75) is 25.4 Å². The summed E-state index contributed by atoms with van der Waals surface area (Å²) in [4.78, 5) is 42.0. The average Bonchev–Trinajstić information content (AvgIpc) is 3.38. The minimum absolute atomic E-state index is 0.00157. The Morgan fingerprint density at radius 3 is 2.36 bits per heavy atom. The lowest BCUT2D eigenvalue weighted by molar-refractivity contribution is 0.0642. The van der Waals surface area contributed by atoms with Gasteiger partial charge in [0.05, 0.1) is 36.4 Å². The van der Waals surface area contributed by atoms with E-state index in [4.69, 9.17) is 4.74 Å². The standard InChI is InChI=1S/C27H24N2O4/c1-28(23-13-12-18-7-3-4-8-19(18)23)25(30)22-15-17(11-14-24(22)33-2)16-29-26(31)20-9-5-6-10-21(20)27(29)32/h3-11,14-15,23H,12-13,16H2,1-2H3. The molecule has 0 aromatic heterocycles. The highest BCUT2D eigenvalue weighted by Crippen LogP contribution is 2.36. The molecule has 1 atom stereocenters. The maximum absolute atomic E-state index is 13.5. The summed E-state index contributed by atoms with van der Waals surface area (Å²) in [5.74, 6) is -0.333. The van der Waals surface area contributed by atoms with Crippen molar-refractivity contribution < 1.29 is 19.1 Å². The van der Waals surface area contributed by atoms with Crippen molar-refractivity contribution in [1.29, 1.82) is 0 Å². The molecule has 3 aromatic carbocycles. The van der Waals surface area contributed by atoms with Crippen molar-refractivity contribution in [3.63, 3.8) is 0 Å². The van der Waals surface area contributed by atoms with E-state index < -0.39 is 0 Å². The highest BCUT2D eigenvalue weighted by Gasteiger charge is 2.35. The lowest BCUT2D eigenvalue weighted by Gasteiger charge is -2.26. The van der Waals surface area contributed by atoms with Crippen molar-refractivity contribution in [2.24, 2.45) is 0 Å². The van der Waals surface area contributed by atoms with Crippen LogP contribution in [-0.2, 0) is 13.0 Å². The molecular weight excluding hydrogens is 416 g/mol. The van der Waals surface area contributed by atoms with Crippen LogP contribution in [-0.4, -0.2) is 41.7 Å². The summed E-state index contributed by atoms with van der Waals surface area (Å²) in [6, 6.07) is 20.2. The van der Waals surface area contributed by atoms with Gasteiger partial charge in [0.2, 0.25) is 0 Å². The van der Waals surface area contributed by atoms with Crippen LogP contribution in [0.5, 0.6) is 5.75 Å². The number of fused-ring (bicyclic) bond motifs is 2. The van der Waals surface area contributed by atoms with E-state index in [1.165, 1.54) is 23.1 Å². The largest absolute Gasteiger partial charge is 0.496 e. The minimum Gasteiger partial charge on any atom is -0.496 e. The van der Waals surface area contributed by atoms with Gasteiger partial charge in [0.15, 0.2) is 0 Å². The van der Waals surface area contributed by atoms with Crippen molar-refractivity contribution >= 4 is 17.7 Å². The van der Waals surface area contributed by atoms with Gasteiger partial charge in [0, 0.05) is 7.05 Å². The lowest BCUT2D eigenvalue weighted by atomic mass is 10.0. The predicted molar refractivity (Wildman–Crippen MR) is 123 cm³/mol. The number of nitrogens with zero attached hydrogens (tertiary/aromatic N) is 2. The van der Waals surface area contributed by atoms with Crippen LogP contribution >= 0.6 is 0 Å². The maximum atomic E-state index is 13.5. The van der Waals surface area contributed by atoms with E-state index in [0.717, 1.165) is 12.8 Å². The first-order chi connectivity index (χ1) is 16.0. The molecule has 0 spiro atoms. The molecule has 0 fully saturated rings. The van der Waals surface area contributed by atoms with Gasteiger partial charge in [-0.2, -0.15) is 0 Å². The zero-order valence-electron chi connectivity index (χ0n) is 18.6. The number of ether oxygens (including phenoxy) is 1. The van der Waals surface area contributed by atoms with Gasteiger partial charge in [0.25, 0.3) is 17.7 Å². The molecule has 6 heteroatoms. The van der Waals surface area contributed by atoms with Crippen molar-refractivity contribution in [3.05, 3.63) is 100 Å². The highest BCUT2D eigenvalue weighted by molar-refractivity contribution is 6.21. The molecule has 5 rings (SSSR count). The third-order valence-electron chi connectivity index (χ3n) is 6.60. The Morgan fingerprint density at radius 1 is 1.00 bits per heavy atom. The molecule has 1 heterocycles. The molecule has 1 unspecified atom stereocenters. The van der Waals surface area contributed by atoms with E-state index in [-0.39, 0.29) is 30.3 Å². The summed E-state index contributed by atoms with van der Waals surface area (Å²) in [5.41, 5.74) is 4.37. The van der Waals surface area contributed by atoms with Gasteiger partial charge in [0.1, 0.15) is 5.75 Å². The molecule has 0 bridgehead atoms. The first-order valence-electron chi connectivity index (χ1n) is 11.0. The zero-order valence-corrected chi connectivity index (χ0v) is 18.6. The van der Waals surface area contributed by atoms with E-state index in [1.807, 2.05) is 19.2 Å². The Morgan fingerprint density at radius 2 is 1.67 bits per heavy atom. The molecule has 166 valence electrons. The molecule has 0 radical (unpaired) electrons. The fourth-order valence-corrected chi connectivity index (χ4v) is 4.85. The fourth-order valence-electron chi connectivity index (χ4n) is 4.85. The molecular formula is C27H24N2O4. The number of benzene rings is 3. The zero-order chi connectivity index (χ0) is 23.1. The number of imide groups is 1. The number of carbonyl (C=O) groups excluding carboxylic acids is 3. The van der Waals surface area contributed by atoms with Crippen LogP contribution in [0.1, 0.15) is 60.2 Å². The van der Waals surface area contributed by atoms with Crippen molar-refractivity contribution in [3.8, 4) is 5.75 Å². The number of methoxy groups -OCH3 is 1. The molecule has 6 nitrogen and oxygen atoms in total. The van der Waals surface area contributed by atoms with E-state index in [9.17, 15) is 14.4 Å². The monoisotopic (exact) mass is 440 g/mol. The van der Waals surface area contributed by atoms with Crippen LogP contribution in [0.25, 0.3) is 0 Å². The molecule has 1 aliphatic carbocycles. The molecule has 0 saturated carbocycles. The van der Waals surface area contributed by atoms with Crippen LogP contribution in [0.15, 0.2) is 66.7 Å². The summed E-state index contributed by atoms with van der Waals surface area (Å²) < 4.78 is 5.47. The van der Waals surface area contributed by atoms with Gasteiger partial charge >= 0.3 is 0 Å². The highest BCUT2D eigenvalue weighted by atomic mass is 16.5. The van der Waals surface area contributed by atoms with E-state index >= 15 is 0 Å². The Hall–Kier alpha value is -3.93. The second kappa shape index (κ2) is 8.20. The summed E-state index contributed by atoms with van der Waals surface area (Å²) in [6.07, 6.45) is 1.81. The summed E-state index contributed by atoms with van der Waals surface area (Å²) in [5, 5.41) is 0. The Labute approximate surface area is 192 Å². The van der Waals surface area contributed by atoms with Crippen LogP contribution < -0.4 is 4.74 Å². The normalized spacial score (nSPS) is 16.5. The SMILES string of the molecule is COc1ccc(CN2C(=O)c3ccccc3C2=O)cc1C(=O)N(C)C1CCc2ccccc21. The Balaban J connectivity index is 1.42. The van der Waals surface area contributed by atoms with Crippen LogP contribution in [0.2, 0.25) is 0 Å². The lowest BCUT2D eigenvalue weighted by Crippen LogP contribution is -2.31. The van der Waals surface area contributed by atoms with Gasteiger partial charge in [-0.25, -0.2) is 0 Å². The number of hydrogen-bond acceptors (Lipinski definition) is 4. The van der Waals surface area contributed by atoms with E-state index in [2.05, 4.69) is 12.1 Å². The number of carbonyl (C=O) groups is 3. The van der Waals surface area contributed by atoms with Crippen LogP contribution in [0, 0.1) is 0 Å². The first kappa shape index (κ1) is 20.9. The smallest absolute Gasteiger partial charge is 0.261 e. The predicted octanol–water partition coefficient (Wildman–Crippen LogP) is 4.25. The quantitative estimate of drug-likeness (QED) is 0.557. The molecule has 0 N–H and O–H groups in total. The second-order valence-electron chi connectivity index (χ2n) is 8.45. The third kappa shape index (κ3) is 3.48. The average molecular weight is 440 g/mol. The van der Waals surface area contributed by atoms with Crippen molar-refractivity contribution in [2.75, 3.05) is 14.2 Å². The number of rotatable bonds is 5. The molecule has 1 aliphatic heterocycles. The third-order valence-corrected chi connectivity index (χ3v) is 6.60. The van der Waals surface area contributed by atoms with Crippen molar-refractivity contribution in [1.82, 2.24) is 9.80 Å². The minimum atomic E-state index is -0.320. The second-order valence-corrected chi connectivity index (χ2v) is 8.45. The van der Waals surface area contributed by atoms with Crippen LogP contribution in [0.3, 0.4) is 0 Å². The maximum Gasteiger partial charge on any atom is 0.261 e. The van der Waals surface area contributed by atoms with Gasteiger partial charge in [-0.05, 0) is 53.8 Å².